The highest BCUT2D eigenvalue weighted by Crippen LogP contribution is 2.31. The van der Waals surface area contributed by atoms with Crippen LogP contribution in [0.4, 0.5) is 5.69 Å². The lowest BCUT2D eigenvalue weighted by atomic mass is 9.99. The van der Waals surface area contributed by atoms with Gasteiger partial charge in [0.2, 0.25) is 0 Å². The van der Waals surface area contributed by atoms with Crippen molar-refractivity contribution in [2.75, 3.05) is 20.0 Å². The summed E-state index contributed by atoms with van der Waals surface area (Å²) in [7, 11) is 3.18. The maximum atomic E-state index is 10.4. The van der Waals surface area contributed by atoms with Crippen LogP contribution in [0.2, 0.25) is 0 Å². The lowest BCUT2D eigenvalue weighted by Gasteiger charge is -2.16. The monoisotopic (exact) mass is 273 g/mol. The second-order valence-corrected chi connectivity index (χ2v) is 4.53. The molecule has 0 aromatic heterocycles. The molecule has 2 aromatic rings. The Balaban J connectivity index is 2.21. The highest BCUT2D eigenvalue weighted by Gasteiger charge is 2.14. The molecule has 0 bridgehead atoms. The van der Waals surface area contributed by atoms with Crippen molar-refractivity contribution in [1.82, 2.24) is 0 Å². The fraction of sp³-hybridized carbons (Fsp3) is 0.250. The number of aliphatic hydroxyl groups is 1. The highest BCUT2D eigenvalue weighted by molar-refractivity contribution is 5.59. The smallest absolute Gasteiger partial charge is 0.142 e. The summed E-state index contributed by atoms with van der Waals surface area (Å²) in [6.07, 6.45) is -0.216. The minimum absolute atomic E-state index is 0.467. The predicted octanol–water partition coefficient (Wildman–Crippen LogP) is 2.56. The number of anilines is 1. The van der Waals surface area contributed by atoms with Crippen molar-refractivity contribution < 1.29 is 14.6 Å². The Labute approximate surface area is 118 Å². The highest BCUT2D eigenvalue weighted by atomic mass is 16.5. The Morgan fingerprint density at radius 2 is 1.85 bits per heavy atom. The number of rotatable bonds is 5. The van der Waals surface area contributed by atoms with E-state index in [-0.39, 0.29) is 0 Å². The van der Waals surface area contributed by atoms with Crippen LogP contribution in [0, 0.1) is 0 Å². The third-order valence-electron chi connectivity index (χ3n) is 3.24. The second-order valence-electron chi connectivity index (χ2n) is 4.53. The summed E-state index contributed by atoms with van der Waals surface area (Å²) in [5.41, 5.74) is 8.13. The van der Waals surface area contributed by atoms with E-state index in [1.54, 1.807) is 20.3 Å². The Hall–Kier alpha value is -2.20. The topological polar surface area (TPSA) is 64.7 Å². The lowest BCUT2D eigenvalue weighted by Crippen LogP contribution is -2.06. The number of nitrogens with two attached hydrogens (primary N) is 1. The first-order valence-corrected chi connectivity index (χ1v) is 6.39. The van der Waals surface area contributed by atoms with E-state index < -0.39 is 6.10 Å². The van der Waals surface area contributed by atoms with Gasteiger partial charge in [-0.15, -0.1) is 0 Å². The molecule has 1 atom stereocenters. The van der Waals surface area contributed by atoms with Crippen LogP contribution in [-0.2, 0) is 6.42 Å². The fourth-order valence-electron chi connectivity index (χ4n) is 2.16. The molecule has 0 aliphatic carbocycles. The number of para-hydroxylation sites is 1. The standard InChI is InChI=1S/C16H19NO3/c1-19-12-6-3-5-11(9-12)10-14(18)13-7-4-8-15(20-2)16(13)17/h3-9,14,18H,10,17H2,1-2H3. The molecule has 0 heterocycles. The van der Waals surface area contributed by atoms with Crippen LogP contribution < -0.4 is 15.2 Å². The lowest BCUT2D eigenvalue weighted by molar-refractivity contribution is 0.179. The van der Waals surface area contributed by atoms with Crippen LogP contribution in [0.5, 0.6) is 11.5 Å². The van der Waals surface area contributed by atoms with E-state index >= 15 is 0 Å². The van der Waals surface area contributed by atoms with Gasteiger partial charge in [0.05, 0.1) is 26.0 Å². The minimum atomic E-state index is -0.683. The predicted molar refractivity (Wildman–Crippen MR) is 79.1 cm³/mol. The molecular weight excluding hydrogens is 254 g/mol. The van der Waals surface area contributed by atoms with Gasteiger partial charge in [0.1, 0.15) is 11.5 Å². The number of hydrogen-bond acceptors (Lipinski definition) is 4. The van der Waals surface area contributed by atoms with Crippen molar-refractivity contribution in [2.24, 2.45) is 0 Å². The Kier molecular flexibility index (Phi) is 4.48. The van der Waals surface area contributed by atoms with Gasteiger partial charge in [0.25, 0.3) is 0 Å². The third kappa shape index (κ3) is 3.03. The number of nitrogen functional groups attached to an aromatic ring is 1. The average Bonchev–Trinajstić information content (AvgIpc) is 2.47. The van der Waals surface area contributed by atoms with Crippen molar-refractivity contribution in [3.05, 3.63) is 53.6 Å². The minimum Gasteiger partial charge on any atom is -0.497 e. The average molecular weight is 273 g/mol. The van der Waals surface area contributed by atoms with Gasteiger partial charge in [-0.1, -0.05) is 24.3 Å². The molecule has 20 heavy (non-hydrogen) atoms. The van der Waals surface area contributed by atoms with Crippen LogP contribution in [0.1, 0.15) is 17.2 Å². The van der Waals surface area contributed by atoms with E-state index in [4.69, 9.17) is 15.2 Å². The van der Waals surface area contributed by atoms with E-state index in [1.165, 1.54) is 0 Å². The van der Waals surface area contributed by atoms with Crippen molar-refractivity contribution in [2.45, 2.75) is 12.5 Å². The number of methoxy groups -OCH3 is 2. The molecule has 0 aliphatic rings. The van der Waals surface area contributed by atoms with Crippen molar-refractivity contribution in [1.29, 1.82) is 0 Å². The molecule has 3 N–H and O–H groups in total. The van der Waals surface area contributed by atoms with E-state index in [0.29, 0.717) is 23.4 Å². The van der Waals surface area contributed by atoms with Crippen molar-refractivity contribution >= 4 is 5.69 Å². The molecule has 2 rings (SSSR count). The van der Waals surface area contributed by atoms with Gasteiger partial charge in [-0.25, -0.2) is 0 Å². The van der Waals surface area contributed by atoms with Crippen LogP contribution in [0.3, 0.4) is 0 Å². The maximum Gasteiger partial charge on any atom is 0.142 e. The largest absolute Gasteiger partial charge is 0.497 e. The molecule has 4 heteroatoms. The molecule has 0 fully saturated rings. The first kappa shape index (κ1) is 14.2. The molecule has 0 saturated carbocycles. The van der Waals surface area contributed by atoms with Gasteiger partial charge in [-0.05, 0) is 23.8 Å². The van der Waals surface area contributed by atoms with Gasteiger partial charge in [0.15, 0.2) is 0 Å². The summed E-state index contributed by atoms with van der Waals surface area (Å²) in [6.45, 7) is 0. The first-order chi connectivity index (χ1) is 9.65. The quantitative estimate of drug-likeness (QED) is 0.822. The summed E-state index contributed by atoms with van der Waals surface area (Å²) in [5, 5.41) is 10.4. The van der Waals surface area contributed by atoms with Crippen LogP contribution in [0.15, 0.2) is 42.5 Å². The summed E-state index contributed by atoms with van der Waals surface area (Å²) < 4.78 is 10.3. The molecule has 106 valence electrons. The zero-order chi connectivity index (χ0) is 14.5. The zero-order valence-electron chi connectivity index (χ0n) is 11.7. The van der Waals surface area contributed by atoms with E-state index in [2.05, 4.69) is 0 Å². The molecule has 0 aliphatic heterocycles. The molecule has 2 aromatic carbocycles. The third-order valence-corrected chi connectivity index (χ3v) is 3.24. The molecule has 0 saturated heterocycles. The number of benzene rings is 2. The van der Waals surface area contributed by atoms with Gasteiger partial charge < -0.3 is 20.3 Å². The summed E-state index contributed by atoms with van der Waals surface area (Å²) in [6, 6.07) is 13.0. The molecular formula is C16H19NO3. The molecule has 0 amide bonds. The zero-order valence-corrected chi connectivity index (χ0v) is 11.7. The Morgan fingerprint density at radius 3 is 2.55 bits per heavy atom. The molecule has 0 spiro atoms. The number of hydrogen-bond donors (Lipinski definition) is 2. The first-order valence-electron chi connectivity index (χ1n) is 6.39. The Morgan fingerprint density at radius 1 is 1.10 bits per heavy atom. The van der Waals surface area contributed by atoms with Crippen LogP contribution in [0.25, 0.3) is 0 Å². The van der Waals surface area contributed by atoms with Gasteiger partial charge in [-0.3, -0.25) is 0 Å². The fourth-order valence-corrected chi connectivity index (χ4v) is 2.16. The SMILES string of the molecule is COc1cccc(CC(O)c2cccc(OC)c2N)c1. The summed E-state index contributed by atoms with van der Waals surface area (Å²) in [5.74, 6) is 1.35. The molecule has 4 nitrogen and oxygen atoms in total. The molecule has 0 radical (unpaired) electrons. The normalized spacial score (nSPS) is 11.9. The van der Waals surface area contributed by atoms with Crippen LogP contribution >= 0.6 is 0 Å². The number of ether oxygens (including phenoxy) is 2. The van der Waals surface area contributed by atoms with E-state index in [1.807, 2.05) is 36.4 Å². The second kappa shape index (κ2) is 6.30. The molecule has 1 unspecified atom stereocenters. The van der Waals surface area contributed by atoms with E-state index in [0.717, 1.165) is 11.3 Å². The summed E-state index contributed by atoms with van der Waals surface area (Å²) >= 11 is 0. The van der Waals surface area contributed by atoms with Crippen molar-refractivity contribution in [3.8, 4) is 11.5 Å². The van der Waals surface area contributed by atoms with Gasteiger partial charge in [-0.2, -0.15) is 0 Å². The summed E-state index contributed by atoms with van der Waals surface area (Å²) in [4.78, 5) is 0. The Bertz CT molecular complexity index is 584. The van der Waals surface area contributed by atoms with E-state index in [9.17, 15) is 5.11 Å². The maximum absolute atomic E-state index is 10.4. The van der Waals surface area contributed by atoms with Crippen LogP contribution in [-0.4, -0.2) is 19.3 Å². The van der Waals surface area contributed by atoms with Gasteiger partial charge in [0, 0.05) is 12.0 Å². The number of aliphatic hydroxyl groups excluding tert-OH is 1. The van der Waals surface area contributed by atoms with Crippen molar-refractivity contribution in [3.63, 3.8) is 0 Å². The van der Waals surface area contributed by atoms with Gasteiger partial charge >= 0.3 is 0 Å².